The van der Waals surface area contributed by atoms with Gasteiger partial charge in [-0.1, -0.05) is 29.8 Å². The third kappa shape index (κ3) is 3.78. The van der Waals surface area contributed by atoms with Crippen LogP contribution in [-0.4, -0.2) is 7.11 Å². The van der Waals surface area contributed by atoms with E-state index in [0.717, 1.165) is 22.9 Å². The molecule has 20 heavy (non-hydrogen) atoms. The lowest BCUT2D eigenvalue weighted by Gasteiger charge is -2.19. The lowest BCUT2D eigenvalue weighted by molar-refractivity contribution is 0.414. The molecule has 2 aromatic carbocycles. The number of benzene rings is 2. The van der Waals surface area contributed by atoms with Crippen LogP contribution < -0.4 is 10.1 Å². The highest BCUT2D eigenvalue weighted by Gasteiger charge is 2.09. The molecule has 0 fully saturated rings. The fourth-order valence-electron chi connectivity index (χ4n) is 2.03. The molecule has 0 heterocycles. The Morgan fingerprint density at radius 3 is 2.35 bits per heavy atom. The lowest BCUT2D eigenvalue weighted by atomic mass is 10.0. The summed E-state index contributed by atoms with van der Waals surface area (Å²) >= 11 is 5.90. The number of methoxy groups -OCH3 is 1. The van der Waals surface area contributed by atoms with Crippen molar-refractivity contribution < 1.29 is 4.74 Å². The Morgan fingerprint density at radius 2 is 1.80 bits per heavy atom. The SMILES string of the molecule is C=CCC(Nc1ccc(Cl)cc1)c1ccc(OC)cc1. The van der Waals surface area contributed by atoms with Gasteiger partial charge in [0.05, 0.1) is 13.2 Å². The van der Waals surface area contributed by atoms with Gasteiger partial charge in [0.2, 0.25) is 0 Å². The summed E-state index contributed by atoms with van der Waals surface area (Å²) in [5.74, 6) is 0.859. The fraction of sp³-hybridized carbons (Fsp3) is 0.176. The van der Waals surface area contributed by atoms with Crippen LogP contribution in [-0.2, 0) is 0 Å². The van der Waals surface area contributed by atoms with Crippen molar-refractivity contribution >= 4 is 17.3 Å². The molecule has 104 valence electrons. The number of anilines is 1. The molecule has 1 unspecified atom stereocenters. The van der Waals surface area contributed by atoms with E-state index in [9.17, 15) is 0 Å². The predicted molar refractivity (Wildman–Crippen MR) is 85.6 cm³/mol. The van der Waals surface area contributed by atoms with E-state index in [0.29, 0.717) is 0 Å². The first-order valence-electron chi connectivity index (χ1n) is 6.50. The van der Waals surface area contributed by atoms with Gasteiger partial charge in [0.1, 0.15) is 5.75 Å². The van der Waals surface area contributed by atoms with E-state index in [1.807, 2.05) is 42.5 Å². The quantitative estimate of drug-likeness (QED) is 0.748. The first kappa shape index (κ1) is 14.5. The Kier molecular flexibility index (Phi) is 5.08. The van der Waals surface area contributed by atoms with Crippen LogP contribution in [0.4, 0.5) is 5.69 Å². The van der Waals surface area contributed by atoms with Crippen LogP contribution in [0.25, 0.3) is 0 Å². The number of rotatable bonds is 6. The van der Waals surface area contributed by atoms with Crippen molar-refractivity contribution in [2.75, 3.05) is 12.4 Å². The van der Waals surface area contributed by atoms with E-state index in [2.05, 4.69) is 24.0 Å². The summed E-state index contributed by atoms with van der Waals surface area (Å²) < 4.78 is 5.19. The van der Waals surface area contributed by atoms with Crippen molar-refractivity contribution in [3.8, 4) is 5.75 Å². The standard InChI is InChI=1S/C17H18ClNO/c1-3-4-17(13-5-11-16(20-2)12-6-13)19-15-9-7-14(18)8-10-15/h3,5-12,17,19H,1,4H2,2H3. The maximum atomic E-state index is 5.90. The molecular weight excluding hydrogens is 270 g/mol. The van der Waals surface area contributed by atoms with Gasteiger partial charge < -0.3 is 10.1 Å². The summed E-state index contributed by atoms with van der Waals surface area (Å²) in [6, 6.07) is 15.9. The van der Waals surface area contributed by atoms with E-state index < -0.39 is 0 Å². The van der Waals surface area contributed by atoms with Gasteiger partial charge in [0, 0.05) is 10.7 Å². The van der Waals surface area contributed by atoms with Crippen LogP contribution >= 0.6 is 11.6 Å². The Labute approximate surface area is 125 Å². The molecule has 0 aliphatic heterocycles. The van der Waals surface area contributed by atoms with Crippen LogP contribution in [0.3, 0.4) is 0 Å². The Bertz CT molecular complexity index is 548. The number of hydrogen-bond acceptors (Lipinski definition) is 2. The van der Waals surface area contributed by atoms with E-state index in [1.54, 1.807) is 7.11 Å². The average molecular weight is 288 g/mol. The Balaban J connectivity index is 2.16. The molecule has 3 heteroatoms. The van der Waals surface area contributed by atoms with Crippen LogP contribution in [0.5, 0.6) is 5.75 Å². The predicted octanol–water partition coefficient (Wildman–Crippen LogP) is 5.08. The van der Waals surface area contributed by atoms with Gasteiger partial charge in [-0.3, -0.25) is 0 Å². The molecule has 0 spiro atoms. The molecule has 0 aliphatic carbocycles. The molecule has 0 saturated heterocycles. The maximum Gasteiger partial charge on any atom is 0.118 e. The molecule has 2 rings (SSSR count). The van der Waals surface area contributed by atoms with Gasteiger partial charge in [0.15, 0.2) is 0 Å². The molecule has 2 nitrogen and oxygen atoms in total. The molecule has 0 radical (unpaired) electrons. The summed E-state index contributed by atoms with van der Waals surface area (Å²) in [6.45, 7) is 3.83. The monoisotopic (exact) mass is 287 g/mol. The normalized spacial score (nSPS) is 11.7. The van der Waals surface area contributed by atoms with Crippen molar-refractivity contribution in [3.63, 3.8) is 0 Å². The minimum atomic E-state index is 0.180. The van der Waals surface area contributed by atoms with Crippen molar-refractivity contribution in [1.29, 1.82) is 0 Å². The summed E-state index contributed by atoms with van der Waals surface area (Å²) in [4.78, 5) is 0. The van der Waals surface area contributed by atoms with Crippen molar-refractivity contribution in [2.24, 2.45) is 0 Å². The van der Waals surface area contributed by atoms with Gasteiger partial charge in [-0.2, -0.15) is 0 Å². The van der Waals surface area contributed by atoms with Crippen LogP contribution in [0.2, 0.25) is 5.02 Å². The number of nitrogens with one attached hydrogen (secondary N) is 1. The molecule has 0 aliphatic rings. The molecular formula is C17H18ClNO. The van der Waals surface area contributed by atoms with Gasteiger partial charge in [0.25, 0.3) is 0 Å². The molecule has 0 aromatic heterocycles. The van der Waals surface area contributed by atoms with E-state index in [-0.39, 0.29) is 6.04 Å². The smallest absolute Gasteiger partial charge is 0.118 e. The van der Waals surface area contributed by atoms with Crippen LogP contribution in [0.15, 0.2) is 61.2 Å². The zero-order valence-electron chi connectivity index (χ0n) is 11.5. The van der Waals surface area contributed by atoms with Gasteiger partial charge >= 0.3 is 0 Å². The molecule has 0 bridgehead atoms. The highest BCUT2D eigenvalue weighted by atomic mass is 35.5. The van der Waals surface area contributed by atoms with Crippen molar-refractivity contribution in [3.05, 3.63) is 71.8 Å². The first-order valence-corrected chi connectivity index (χ1v) is 6.87. The summed E-state index contributed by atoms with van der Waals surface area (Å²) in [5.41, 5.74) is 2.23. The zero-order chi connectivity index (χ0) is 14.4. The largest absolute Gasteiger partial charge is 0.497 e. The van der Waals surface area contributed by atoms with Gasteiger partial charge in [-0.25, -0.2) is 0 Å². The Hall–Kier alpha value is -1.93. The van der Waals surface area contributed by atoms with Crippen LogP contribution in [0, 0.1) is 0 Å². The number of halogens is 1. The Morgan fingerprint density at radius 1 is 1.15 bits per heavy atom. The highest BCUT2D eigenvalue weighted by Crippen LogP contribution is 2.25. The lowest BCUT2D eigenvalue weighted by Crippen LogP contribution is -2.09. The molecule has 1 N–H and O–H groups in total. The third-order valence-corrected chi connectivity index (χ3v) is 3.36. The van der Waals surface area contributed by atoms with Crippen molar-refractivity contribution in [1.82, 2.24) is 0 Å². The minimum absolute atomic E-state index is 0.180. The second-order valence-corrected chi connectivity index (χ2v) is 4.94. The molecule has 0 saturated carbocycles. The molecule has 1 atom stereocenters. The highest BCUT2D eigenvalue weighted by molar-refractivity contribution is 6.30. The zero-order valence-corrected chi connectivity index (χ0v) is 12.2. The maximum absolute atomic E-state index is 5.90. The number of hydrogen-bond donors (Lipinski definition) is 1. The molecule has 0 amide bonds. The second kappa shape index (κ2) is 7.01. The first-order chi connectivity index (χ1) is 9.72. The fourth-order valence-corrected chi connectivity index (χ4v) is 2.15. The average Bonchev–Trinajstić information content (AvgIpc) is 2.49. The van der Waals surface area contributed by atoms with E-state index in [1.165, 1.54) is 5.56 Å². The van der Waals surface area contributed by atoms with E-state index in [4.69, 9.17) is 16.3 Å². The third-order valence-electron chi connectivity index (χ3n) is 3.11. The number of ether oxygens (including phenoxy) is 1. The van der Waals surface area contributed by atoms with Gasteiger partial charge in [-0.05, 0) is 48.4 Å². The topological polar surface area (TPSA) is 21.3 Å². The summed E-state index contributed by atoms with van der Waals surface area (Å²) in [7, 11) is 1.67. The molecule has 2 aromatic rings. The summed E-state index contributed by atoms with van der Waals surface area (Å²) in [5, 5.41) is 4.23. The second-order valence-electron chi connectivity index (χ2n) is 4.50. The van der Waals surface area contributed by atoms with E-state index >= 15 is 0 Å². The van der Waals surface area contributed by atoms with Crippen molar-refractivity contribution in [2.45, 2.75) is 12.5 Å². The minimum Gasteiger partial charge on any atom is -0.497 e. The van der Waals surface area contributed by atoms with Gasteiger partial charge in [-0.15, -0.1) is 6.58 Å². The van der Waals surface area contributed by atoms with Crippen LogP contribution in [0.1, 0.15) is 18.0 Å². The summed E-state index contributed by atoms with van der Waals surface area (Å²) in [6.07, 6.45) is 2.76.